The van der Waals surface area contributed by atoms with Crippen LogP contribution in [0.4, 0.5) is 4.39 Å². The smallest absolute Gasteiger partial charge is 0.254 e. The molecule has 5 heteroatoms. The highest BCUT2D eigenvalue weighted by Gasteiger charge is 2.11. The average Bonchev–Trinajstić information content (AvgIpc) is 2.27. The Morgan fingerprint density at radius 2 is 2.11 bits per heavy atom. The van der Waals surface area contributed by atoms with Crippen molar-refractivity contribution in [1.82, 2.24) is 10.2 Å². The van der Waals surface area contributed by atoms with Gasteiger partial charge in [-0.25, -0.2) is 4.39 Å². The fourth-order valence-electron chi connectivity index (χ4n) is 1.54. The van der Waals surface area contributed by atoms with Gasteiger partial charge in [0.25, 0.3) is 5.91 Å². The Balaban J connectivity index is 2.36. The Morgan fingerprint density at radius 3 is 2.72 bits per heavy atom. The van der Waals surface area contributed by atoms with Crippen LogP contribution in [-0.4, -0.2) is 43.1 Å². The summed E-state index contributed by atoms with van der Waals surface area (Å²) in [6.45, 7) is 1.48. The number of aromatic hydroxyl groups is 1. The summed E-state index contributed by atoms with van der Waals surface area (Å²) in [7, 11) is 3.98. The maximum absolute atomic E-state index is 13.4. The minimum absolute atomic E-state index is 0.0413. The van der Waals surface area contributed by atoms with Crippen molar-refractivity contribution < 1.29 is 14.3 Å². The van der Waals surface area contributed by atoms with E-state index in [1.807, 2.05) is 14.1 Å². The minimum atomic E-state index is -0.708. The maximum atomic E-state index is 13.4. The van der Waals surface area contributed by atoms with Gasteiger partial charge in [-0.05, 0) is 45.6 Å². The van der Waals surface area contributed by atoms with Crippen molar-refractivity contribution in [2.24, 2.45) is 0 Å². The van der Waals surface area contributed by atoms with Gasteiger partial charge in [0.05, 0.1) is 5.56 Å². The second-order valence-corrected chi connectivity index (χ2v) is 4.43. The van der Waals surface area contributed by atoms with Gasteiger partial charge in [-0.2, -0.15) is 0 Å². The number of carbonyl (C=O) groups excluding carboxylic acids is 1. The third kappa shape index (κ3) is 4.71. The summed E-state index contributed by atoms with van der Waals surface area (Å²) in [6, 6.07) is 3.50. The highest BCUT2D eigenvalue weighted by atomic mass is 19.1. The number of nitrogens with one attached hydrogen (secondary N) is 1. The number of phenolic OH excluding ortho intramolecular Hbond substituents is 1. The summed E-state index contributed by atoms with van der Waals surface area (Å²) < 4.78 is 13.4. The lowest BCUT2D eigenvalue weighted by Gasteiger charge is -2.09. The molecule has 0 unspecified atom stereocenters. The standard InChI is InChI=1S/C13H19FN2O2/c1-16(2)8-4-3-7-15-13(18)11-6-5-10(17)9-12(11)14/h5-6,9,17H,3-4,7-8H2,1-2H3,(H,15,18). The lowest BCUT2D eigenvalue weighted by molar-refractivity contribution is 0.0948. The first-order valence-corrected chi connectivity index (χ1v) is 5.92. The van der Waals surface area contributed by atoms with Crippen LogP contribution in [0.25, 0.3) is 0 Å². The maximum Gasteiger partial charge on any atom is 0.254 e. The molecule has 0 bridgehead atoms. The molecule has 0 radical (unpaired) electrons. The zero-order valence-corrected chi connectivity index (χ0v) is 10.7. The van der Waals surface area contributed by atoms with Crippen LogP contribution >= 0.6 is 0 Å². The second-order valence-electron chi connectivity index (χ2n) is 4.43. The molecule has 1 aromatic carbocycles. The van der Waals surface area contributed by atoms with Crippen LogP contribution in [0.5, 0.6) is 5.75 Å². The van der Waals surface area contributed by atoms with E-state index in [4.69, 9.17) is 5.11 Å². The SMILES string of the molecule is CN(C)CCCCNC(=O)c1ccc(O)cc1F. The molecule has 0 aliphatic rings. The van der Waals surface area contributed by atoms with E-state index in [0.717, 1.165) is 25.5 Å². The van der Waals surface area contributed by atoms with Gasteiger partial charge >= 0.3 is 0 Å². The molecule has 1 rings (SSSR count). The van der Waals surface area contributed by atoms with E-state index >= 15 is 0 Å². The van der Waals surface area contributed by atoms with E-state index in [1.165, 1.54) is 12.1 Å². The zero-order valence-electron chi connectivity index (χ0n) is 10.7. The van der Waals surface area contributed by atoms with Crippen molar-refractivity contribution in [1.29, 1.82) is 0 Å². The van der Waals surface area contributed by atoms with E-state index in [1.54, 1.807) is 0 Å². The van der Waals surface area contributed by atoms with Gasteiger partial charge in [-0.1, -0.05) is 0 Å². The first kappa shape index (κ1) is 14.4. The summed E-state index contributed by atoms with van der Waals surface area (Å²) in [4.78, 5) is 13.7. The number of rotatable bonds is 6. The third-order valence-electron chi connectivity index (χ3n) is 2.51. The van der Waals surface area contributed by atoms with Crippen molar-refractivity contribution in [3.05, 3.63) is 29.6 Å². The van der Waals surface area contributed by atoms with Crippen LogP contribution in [0.1, 0.15) is 23.2 Å². The zero-order chi connectivity index (χ0) is 13.5. The monoisotopic (exact) mass is 254 g/mol. The Bertz CT molecular complexity index is 408. The number of nitrogens with zero attached hydrogens (tertiary/aromatic N) is 1. The summed E-state index contributed by atoms with van der Waals surface area (Å²) in [6.07, 6.45) is 1.83. The lowest BCUT2D eigenvalue weighted by Crippen LogP contribution is -2.26. The van der Waals surface area contributed by atoms with Gasteiger partial charge in [0.2, 0.25) is 0 Å². The van der Waals surface area contributed by atoms with E-state index in [-0.39, 0.29) is 11.3 Å². The molecule has 0 aliphatic carbocycles. The predicted octanol–water partition coefficient (Wildman–Crippen LogP) is 1.60. The average molecular weight is 254 g/mol. The van der Waals surface area contributed by atoms with E-state index in [2.05, 4.69) is 10.2 Å². The second kappa shape index (κ2) is 6.96. The van der Waals surface area contributed by atoms with Crippen molar-refractivity contribution in [3.63, 3.8) is 0 Å². The number of hydrogen-bond acceptors (Lipinski definition) is 3. The molecule has 0 fully saturated rings. The number of carbonyl (C=O) groups is 1. The normalized spacial score (nSPS) is 10.7. The largest absolute Gasteiger partial charge is 0.508 e. The van der Waals surface area contributed by atoms with Crippen LogP contribution in [-0.2, 0) is 0 Å². The highest BCUT2D eigenvalue weighted by Crippen LogP contribution is 2.14. The molecule has 0 saturated heterocycles. The van der Waals surface area contributed by atoms with Crippen molar-refractivity contribution in [2.75, 3.05) is 27.2 Å². The van der Waals surface area contributed by atoms with E-state index in [9.17, 15) is 9.18 Å². The van der Waals surface area contributed by atoms with Gasteiger partial charge in [-0.15, -0.1) is 0 Å². The Labute approximate surface area is 106 Å². The fraction of sp³-hybridized carbons (Fsp3) is 0.462. The van der Waals surface area contributed by atoms with Gasteiger partial charge in [-0.3, -0.25) is 4.79 Å². The molecule has 0 spiro atoms. The summed E-state index contributed by atoms with van der Waals surface area (Å²) in [5, 5.41) is 11.7. The molecule has 0 aliphatic heterocycles. The lowest BCUT2D eigenvalue weighted by atomic mass is 10.2. The minimum Gasteiger partial charge on any atom is -0.508 e. The fourth-order valence-corrected chi connectivity index (χ4v) is 1.54. The molecule has 18 heavy (non-hydrogen) atoms. The van der Waals surface area contributed by atoms with E-state index in [0.29, 0.717) is 6.54 Å². The predicted molar refractivity (Wildman–Crippen MR) is 68.2 cm³/mol. The summed E-state index contributed by atoms with van der Waals surface area (Å²) in [5.41, 5.74) is -0.0413. The molecular weight excluding hydrogens is 235 g/mol. The van der Waals surface area contributed by atoms with Crippen LogP contribution in [0, 0.1) is 5.82 Å². The number of phenols is 1. The molecule has 1 amide bonds. The quantitative estimate of drug-likeness (QED) is 0.758. The van der Waals surface area contributed by atoms with Crippen molar-refractivity contribution >= 4 is 5.91 Å². The van der Waals surface area contributed by atoms with E-state index < -0.39 is 11.7 Å². The number of hydrogen-bond donors (Lipinski definition) is 2. The highest BCUT2D eigenvalue weighted by molar-refractivity contribution is 5.94. The molecule has 0 saturated carbocycles. The van der Waals surface area contributed by atoms with Gasteiger partial charge < -0.3 is 15.3 Å². The molecule has 1 aromatic rings. The molecule has 0 heterocycles. The Kier molecular flexibility index (Phi) is 5.58. The molecule has 0 atom stereocenters. The van der Waals surface area contributed by atoms with Crippen LogP contribution in [0.15, 0.2) is 18.2 Å². The molecule has 4 nitrogen and oxygen atoms in total. The van der Waals surface area contributed by atoms with Crippen LogP contribution in [0.2, 0.25) is 0 Å². The molecular formula is C13H19FN2O2. The molecule has 0 aromatic heterocycles. The van der Waals surface area contributed by atoms with Crippen molar-refractivity contribution in [2.45, 2.75) is 12.8 Å². The summed E-state index contributed by atoms with van der Waals surface area (Å²) >= 11 is 0. The Hall–Kier alpha value is -1.62. The topological polar surface area (TPSA) is 52.6 Å². The van der Waals surface area contributed by atoms with Gasteiger partial charge in [0, 0.05) is 12.6 Å². The molecule has 100 valence electrons. The number of unbranched alkanes of at least 4 members (excludes halogenated alkanes) is 1. The number of halogens is 1. The Morgan fingerprint density at radius 1 is 1.39 bits per heavy atom. The van der Waals surface area contributed by atoms with Crippen LogP contribution < -0.4 is 5.32 Å². The van der Waals surface area contributed by atoms with Gasteiger partial charge in [0.15, 0.2) is 0 Å². The summed E-state index contributed by atoms with van der Waals surface area (Å²) in [5.74, 6) is -1.34. The third-order valence-corrected chi connectivity index (χ3v) is 2.51. The number of amides is 1. The molecule has 2 N–H and O–H groups in total. The first-order chi connectivity index (χ1) is 8.50. The first-order valence-electron chi connectivity index (χ1n) is 5.92. The van der Waals surface area contributed by atoms with Gasteiger partial charge in [0.1, 0.15) is 11.6 Å². The van der Waals surface area contributed by atoms with Crippen LogP contribution in [0.3, 0.4) is 0 Å². The van der Waals surface area contributed by atoms with Crippen molar-refractivity contribution in [3.8, 4) is 5.75 Å². The number of benzene rings is 1.